The molecule has 2 aromatic carbocycles. The number of rotatable bonds is 4. The highest BCUT2D eigenvalue weighted by Gasteiger charge is 2.11. The molecule has 0 atom stereocenters. The molecule has 116 valence electrons. The van der Waals surface area contributed by atoms with Crippen LogP contribution >= 0.6 is 11.6 Å². The fraction of sp³-hybridized carbons (Fsp3) is 0.111. The molecule has 0 fully saturated rings. The first kappa shape index (κ1) is 15.3. The van der Waals surface area contributed by atoms with E-state index in [2.05, 4.69) is 22.4 Å². The Hall–Kier alpha value is -2.59. The standard InChI is InChI=1S/C18H16ClN3O/c1-2-12-6-8-15(9-7-12)20-18(23)17-11-16(21-22-17)13-4-3-5-14(19)10-13/h3-11H,2H2,1H3,(H,20,23)(H,21,22). The molecule has 0 saturated carbocycles. The third kappa shape index (κ3) is 3.60. The first-order valence-corrected chi connectivity index (χ1v) is 7.75. The van der Waals surface area contributed by atoms with E-state index in [-0.39, 0.29) is 5.91 Å². The number of amides is 1. The lowest BCUT2D eigenvalue weighted by Gasteiger charge is -2.04. The number of carbonyl (C=O) groups excluding carboxylic acids is 1. The number of hydrogen-bond acceptors (Lipinski definition) is 2. The molecule has 1 amide bonds. The van der Waals surface area contributed by atoms with Crippen LogP contribution in [0.25, 0.3) is 11.3 Å². The number of nitrogens with one attached hydrogen (secondary N) is 2. The summed E-state index contributed by atoms with van der Waals surface area (Å²) in [5.74, 6) is -0.227. The number of carbonyl (C=O) groups is 1. The predicted molar refractivity (Wildman–Crippen MR) is 92.8 cm³/mol. The summed E-state index contributed by atoms with van der Waals surface area (Å²) in [5, 5.41) is 10.4. The molecule has 1 aromatic heterocycles. The molecule has 0 radical (unpaired) electrons. The summed E-state index contributed by atoms with van der Waals surface area (Å²) in [5.41, 5.74) is 3.93. The van der Waals surface area contributed by atoms with E-state index < -0.39 is 0 Å². The van der Waals surface area contributed by atoms with Crippen molar-refractivity contribution in [1.82, 2.24) is 10.2 Å². The van der Waals surface area contributed by atoms with Crippen LogP contribution in [0, 0.1) is 0 Å². The minimum atomic E-state index is -0.227. The maximum Gasteiger partial charge on any atom is 0.273 e. The van der Waals surface area contributed by atoms with Crippen LogP contribution in [-0.2, 0) is 6.42 Å². The number of nitrogens with zero attached hydrogens (tertiary/aromatic N) is 1. The lowest BCUT2D eigenvalue weighted by Crippen LogP contribution is -2.12. The fourth-order valence-corrected chi connectivity index (χ4v) is 2.45. The van der Waals surface area contributed by atoms with Gasteiger partial charge in [0.05, 0.1) is 5.69 Å². The first-order chi connectivity index (χ1) is 11.2. The number of anilines is 1. The van der Waals surface area contributed by atoms with Gasteiger partial charge in [-0.3, -0.25) is 9.89 Å². The Morgan fingerprint density at radius 3 is 2.65 bits per heavy atom. The van der Waals surface area contributed by atoms with E-state index in [9.17, 15) is 4.79 Å². The Kier molecular flexibility index (Phi) is 4.44. The van der Waals surface area contributed by atoms with Gasteiger partial charge in [-0.05, 0) is 42.3 Å². The molecule has 0 spiro atoms. The highest BCUT2D eigenvalue weighted by molar-refractivity contribution is 6.30. The van der Waals surface area contributed by atoms with E-state index in [4.69, 9.17) is 11.6 Å². The molecule has 0 unspecified atom stereocenters. The minimum absolute atomic E-state index is 0.227. The highest BCUT2D eigenvalue weighted by atomic mass is 35.5. The van der Waals surface area contributed by atoms with Gasteiger partial charge in [0, 0.05) is 16.3 Å². The van der Waals surface area contributed by atoms with Gasteiger partial charge in [0.15, 0.2) is 0 Å². The van der Waals surface area contributed by atoms with E-state index in [0.717, 1.165) is 17.7 Å². The lowest BCUT2D eigenvalue weighted by molar-refractivity contribution is 0.102. The topological polar surface area (TPSA) is 57.8 Å². The Balaban J connectivity index is 1.75. The number of H-pyrrole nitrogens is 1. The highest BCUT2D eigenvalue weighted by Crippen LogP contribution is 2.21. The molecule has 3 aromatic rings. The molecule has 0 aliphatic rings. The van der Waals surface area contributed by atoms with Gasteiger partial charge in [-0.25, -0.2) is 0 Å². The summed E-state index contributed by atoms with van der Waals surface area (Å²) < 4.78 is 0. The van der Waals surface area contributed by atoms with Crippen molar-refractivity contribution < 1.29 is 4.79 Å². The van der Waals surface area contributed by atoms with Gasteiger partial charge < -0.3 is 5.32 Å². The van der Waals surface area contributed by atoms with E-state index in [0.29, 0.717) is 16.4 Å². The van der Waals surface area contributed by atoms with Crippen molar-refractivity contribution >= 4 is 23.2 Å². The smallest absolute Gasteiger partial charge is 0.273 e. The Labute approximate surface area is 139 Å². The number of benzene rings is 2. The molecule has 3 rings (SSSR count). The van der Waals surface area contributed by atoms with E-state index in [1.807, 2.05) is 42.5 Å². The van der Waals surface area contributed by atoms with Gasteiger partial charge in [-0.1, -0.05) is 42.8 Å². The summed E-state index contributed by atoms with van der Waals surface area (Å²) in [6, 6.07) is 16.8. The fourth-order valence-electron chi connectivity index (χ4n) is 2.26. The van der Waals surface area contributed by atoms with E-state index >= 15 is 0 Å². The van der Waals surface area contributed by atoms with Gasteiger partial charge in [0.25, 0.3) is 5.91 Å². The van der Waals surface area contributed by atoms with Crippen LogP contribution < -0.4 is 5.32 Å². The largest absolute Gasteiger partial charge is 0.321 e. The zero-order chi connectivity index (χ0) is 16.2. The number of hydrogen-bond donors (Lipinski definition) is 2. The molecular weight excluding hydrogens is 310 g/mol. The van der Waals surface area contributed by atoms with Crippen LogP contribution in [0.1, 0.15) is 23.0 Å². The number of aromatic nitrogens is 2. The zero-order valence-corrected chi connectivity index (χ0v) is 13.4. The van der Waals surface area contributed by atoms with Crippen LogP contribution in [0.15, 0.2) is 54.6 Å². The van der Waals surface area contributed by atoms with Crippen molar-refractivity contribution in [3.8, 4) is 11.3 Å². The Morgan fingerprint density at radius 2 is 1.96 bits per heavy atom. The maximum absolute atomic E-state index is 12.3. The average Bonchev–Trinajstić information content (AvgIpc) is 3.06. The van der Waals surface area contributed by atoms with Crippen LogP contribution in [-0.4, -0.2) is 16.1 Å². The molecule has 0 aliphatic heterocycles. The summed E-state index contributed by atoms with van der Waals surface area (Å²) >= 11 is 5.98. The molecule has 4 nitrogen and oxygen atoms in total. The zero-order valence-electron chi connectivity index (χ0n) is 12.6. The third-order valence-corrected chi connectivity index (χ3v) is 3.80. The lowest BCUT2D eigenvalue weighted by atomic mass is 10.1. The van der Waals surface area contributed by atoms with Crippen LogP contribution in [0.5, 0.6) is 0 Å². The number of aryl methyl sites for hydroxylation is 1. The maximum atomic E-state index is 12.3. The third-order valence-electron chi connectivity index (χ3n) is 3.56. The summed E-state index contributed by atoms with van der Waals surface area (Å²) in [4.78, 5) is 12.3. The number of halogens is 1. The van der Waals surface area contributed by atoms with Crippen LogP contribution in [0.2, 0.25) is 5.02 Å². The minimum Gasteiger partial charge on any atom is -0.321 e. The molecule has 0 aliphatic carbocycles. The normalized spacial score (nSPS) is 10.5. The second kappa shape index (κ2) is 6.67. The molecular formula is C18H16ClN3O. The quantitative estimate of drug-likeness (QED) is 0.739. The molecule has 1 heterocycles. The molecule has 0 bridgehead atoms. The molecule has 23 heavy (non-hydrogen) atoms. The second-order valence-electron chi connectivity index (χ2n) is 5.18. The monoisotopic (exact) mass is 325 g/mol. The van der Waals surface area contributed by atoms with Crippen molar-refractivity contribution in [2.75, 3.05) is 5.32 Å². The number of aromatic amines is 1. The van der Waals surface area contributed by atoms with Gasteiger partial charge in [0.2, 0.25) is 0 Å². The van der Waals surface area contributed by atoms with Crippen molar-refractivity contribution in [2.45, 2.75) is 13.3 Å². The average molecular weight is 326 g/mol. The van der Waals surface area contributed by atoms with Gasteiger partial charge in [-0.15, -0.1) is 0 Å². The SMILES string of the molecule is CCc1ccc(NC(=O)c2cc(-c3cccc(Cl)c3)n[nH]2)cc1. The summed E-state index contributed by atoms with van der Waals surface area (Å²) in [7, 11) is 0. The second-order valence-corrected chi connectivity index (χ2v) is 5.62. The molecule has 5 heteroatoms. The van der Waals surface area contributed by atoms with Crippen molar-refractivity contribution in [3.05, 3.63) is 70.9 Å². The van der Waals surface area contributed by atoms with E-state index in [1.54, 1.807) is 12.1 Å². The molecule has 0 saturated heterocycles. The summed E-state index contributed by atoms with van der Waals surface area (Å²) in [6.45, 7) is 2.09. The van der Waals surface area contributed by atoms with Crippen molar-refractivity contribution in [1.29, 1.82) is 0 Å². The van der Waals surface area contributed by atoms with Crippen molar-refractivity contribution in [3.63, 3.8) is 0 Å². The van der Waals surface area contributed by atoms with Gasteiger partial charge in [-0.2, -0.15) is 5.10 Å². The van der Waals surface area contributed by atoms with E-state index in [1.165, 1.54) is 5.56 Å². The van der Waals surface area contributed by atoms with Gasteiger partial charge >= 0.3 is 0 Å². The van der Waals surface area contributed by atoms with Crippen molar-refractivity contribution in [2.24, 2.45) is 0 Å². The van der Waals surface area contributed by atoms with Crippen LogP contribution in [0.4, 0.5) is 5.69 Å². The Morgan fingerprint density at radius 1 is 1.17 bits per heavy atom. The van der Waals surface area contributed by atoms with Gasteiger partial charge in [0.1, 0.15) is 5.69 Å². The van der Waals surface area contributed by atoms with Crippen LogP contribution in [0.3, 0.4) is 0 Å². The summed E-state index contributed by atoms with van der Waals surface area (Å²) in [6.07, 6.45) is 0.970. The first-order valence-electron chi connectivity index (χ1n) is 7.37. The molecule has 2 N–H and O–H groups in total. The predicted octanol–water partition coefficient (Wildman–Crippen LogP) is 4.54. The Bertz CT molecular complexity index is 824.